The van der Waals surface area contributed by atoms with Crippen LogP contribution in [0, 0.1) is 0 Å². The first-order valence-corrected chi connectivity index (χ1v) is 12.8. The molecule has 0 N–H and O–H groups in total. The third-order valence-electron chi connectivity index (χ3n) is 7.35. The van der Waals surface area contributed by atoms with Crippen LogP contribution in [0.2, 0.25) is 0 Å². The minimum Gasteiger partial charge on any atom is -0.268 e. The van der Waals surface area contributed by atoms with Crippen LogP contribution in [0.5, 0.6) is 0 Å². The Morgan fingerprint density at radius 3 is 1.02 bits per heavy atom. The number of hydrogen-bond acceptors (Lipinski definition) is 4. The van der Waals surface area contributed by atoms with Gasteiger partial charge >= 0.3 is 0 Å². The Hall–Kier alpha value is -5.62. The summed E-state index contributed by atoms with van der Waals surface area (Å²) in [5.41, 5.74) is 6.00. The van der Waals surface area contributed by atoms with Crippen LogP contribution in [0.3, 0.4) is 0 Å². The molecule has 2 aliphatic rings. The average molecular weight is 521 g/mol. The van der Waals surface area contributed by atoms with E-state index in [1.807, 2.05) is 48.5 Å². The molecular weight excluding hydrogens is 500 g/mol. The number of anilines is 2. The minimum atomic E-state index is -0.341. The first-order valence-electron chi connectivity index (χ1n) is 12.8. The second kappa shape index (κ2) is 8.99. The van der Waals surface area contributed by atoms with Crippen LogP contribution in [0.4, 0.5) is 11.4 Å². The van der Waals surface area contributed by atoms with Crippen molar-refractivity contribution in [1.82, 2.24) is 0 Å². The lowest BCUT2D eigenvalue weighted by atomic mass is 9.96. The first-order chi connectivity index (χ1) is 19.5. The molecule has 40 heavy (non-hydrogen) atoms. The molecule has 2 aliphatic heterocycles. The number of imide groups is 2. The monoisotopic (exact) mass is 520 g/mol. The van der Waals surface area contributed by atoms with Gasteiger partial charge in [0.05, 0.1) is 33.6 Å². The standard InChI is InChI=1S/C34H20N2O4/c37-31-27-17-15-23(19-29(27)33(39)35(31)25-7-3-1-4-8-25)21-11-13-22(14-12-21)24-16-18-28-30(20-24)34(40)36(32(28)38)26-9-5-2-6-10-26/h1-20H. The molecule has 190 valence electrons. The fourth-order valence-electron chi connectivity index (χ4n) is 5.32. The molecule has 5 aromatic carbocycles. The zero-order valence-electron chi connectivity index (χ0n) is 21.1. The zero-order valence-corrected chi connectivity index (χ0v) is 21.1. The SMILES string of the molecule is O=C1c2ccc(-c3ccc(-c4ccc5c(c4)C(=O)N(c4ccccc4)C5=O)cc3)cc2C(=O)N1c1ccccc1. The molecule has 0 fully saturated rings. The largest absolute Gasteiger partial charge is 0.268 e. The molecule has 0 radical (unpaired) electrons. The van der Waals surface area contributed by atoms with E-state index in [4.69, 9.17) is 0 Å². The van der Waals surface area contributed by atoms with Crippen molar-refractivity contribution in [1.29, 1.82) is 0 Å². The van der Waals surface area contributed by atoms with Crippen LogP contribution in [0.25, 0.3) is 22.3 Å². The average Bonchev–Trinajstić information content (AvgIpc) is 3.41. The predicted molar refractivity (Wildman–Crippen MR) is 152 cm³/mol. The van der Waals surface area contributed by atoms with Crippen molar-refractivity contribution in [3.63, 3.8) is 0 Å². The molecule has 0 saturated carbocycles. The lowest BCUT2D eigenvalue weighted by Gasteiger charge is -2.13. The highest BCUT2D eigenvalue weighted by Crippen LogP contribution is 2.34. The van der Waals surface area contributed by atoms with Gasteiger partial charge in [-0.3, -0.25) is 19.2 Å². The summed E-state index contributed by atoms with van der Waals surface area (Å²) in [6, 6.07) is 36.1. The van der Waals surface area contributed by atoms with E-state index in [2.05, 4.69) is 0 Å². The minimum absolute atomic E-state index is 0.330. The number of nitrogens with zero attached hydrogens (tertiary/aromatic N) is 2. The summed E-state index contributed by atoms with van der Waals surface area (Å²) in [5, 5.41) is 0. The smallest absolute Gasteiger partial charge is 0.266 e. The number of hydrogen-bond donors (Lipinski definition) is 0. The van der Waals surface area contributed by atoms with Gasteiger partial charge in [0.2, 0.25) is 0 Å². The van der Waals surface area contributed by atoms with Gasteiger partial charge < -0.3 is 0 Å². The van der Waals surface area contributed by atoms with E-state index in [0.29, 0.717) is 33.6 Å². The molecule has 0 atom stereocenters. The predicted octanol–water partition coefficient (Wildman–Crippen LogP) is 6.62. The van der Waals surface area contributed by atoms with Crippen molar-refractivity contribution in [2.45, 2.75) is 0 Å². The third kappa shape index (κ3) is 3.58. The molecule has 5 aromatic rings. The number of fused-ring (bicyclic) bond motifs is 2. The highest BCUT2D eigenvalue weighted by Gasteiger charge is 2.38. The maximum atomic E-state index is 13.1. The van der Waals surface area contributed by atoms with E-state index in [0.717, 1.165) is 22.3 Å². The van der Waals surface area contributed by atoms with Gasteiger partial charge in [0.15, 0.2) is 0 Å². The molecule has 7 rings (SSSR count). The van der Waals surface area contributed by atoms with E-state index in [-0.39, 0.29) is 23.6 Å². The maximum absolute atomic E-state index is 13.1. The van der Waals surface area contributed by atoms with Gasteiger partial charge in [0.1, 0.15) is 0 Å². The highest BCUT2D eigenvalue weighted by atomic mass is 16.2. The summed E-state index contributed by atoms with van der Waals surface area (Å²) in [6.45, 7) is 0. The second-order valence-corrected chi connectivity index (χ2v) is 9.66. The Bertz CT molecular complexity index is 1720. The van der Waals surface area contributed by atoms with Crippen LogP contribution in [0.15, 0.2) is 121 Å². The van der Waals surface area contributed by atoms with E-state index < -0.39 is 0 Å². The summed E-state index contributed by atoms with van der Waals surface area (Å²) in [4.78, 5) is 54.6. The highest BCUT2D eigenvalue weighted by molar-refractivity contribution is 6.35. The van der Waals surface area contributed by atoms with E-state index in [1.165, 1.54) is 9.80 Å². The van der Waals surface area contributed by atoms with Crippen molar-refractivity contribution in [2.75, 3.05) is 9.80 Å². The molecule has 0 aromatic heterocycles. The Balaban J connectivity index is 1.17. The topological polar surface area (TPSA) is 74.8 Å². The zero-order chi connectivity index (χ0) is 27.4. The molecule has 2 heterocycles. The van der Waals surface area contributed by atoms with E-state index in [9.17, 15) is 19.2 Å². The summed E-state index contributed by atoms with van der Waals surface area (Å²) >= 11 is 0. The van der Waals surface area contributed by atoms with Crippen LogP contribution < -0.4 is 9.80 Å². The second-order valence-electron chi connectivity index (χ2n) is 9.66. The van der Waals surface area contributed by atoms with E-state index in [1.54, 1.807) is 72.8 Å². The summed E-state index contributed by atoms with van der Waals surface area (Å²) < 4.78 is 0. The first kappa shape index (κ1) is 23.5. The number of rotatable bonds is 4. The molecule has 0 saturated heterocycles. The molecule has 6 nitrogen and oxygen atoms in total. The molecule has 0 unspecified atom stereocenters. The molecule has 0 spiro atoms. The lowest BCUT2D eigenvalue weighted by molar-refractivity contribution is 0.0910. The molecule has 6 heteroatoms. The summed E-state index contributed by atoms with van der Waals surface area (Å²) in [5.74, 6) is -1.34. The van der Waals surface area contributed by atoms with Gasteiger partial charge in [-0.05, 0) is 70.8 Å². The number of carbonyl (C=O) groups is 4. The quantitative estimate of drug-likeness (QED) is 0.250. The van der Waals surface area contributed by atoms with Crippen LogP contribution in [0.1, 0.15) is 41.4 Å². The van der Waals surface area contributed by atoms with Crippen molar-refractivity contribution >= 4 is 35.0 Å². The lowest BCUT2D eigenvalue weighted by Crippen LogP contribution is -2.29. The van der Waals surface area contributed by atoms with Crippen molar-refractivity contribution < 1.29 is 19.2 Å². The molecule has 0 aliphatic carbocycles. The van der Waals surface area contributed by atoms with Crippen molar-refractivity contribution in [3.8, 4) is 22.3 Å². The van der Waals surface area contributed by atoms with Gasteiger partial charge in [-0.15, -0.1) is 0 Å². The van der Waals surface area contributed by atoms with Crippen molar-refractivity contribution in [3.05, 3.63) is 144 Å². The van der Waals surface area contributed by atoms with E-state index >= 15 is 0 Å². The fraction of sp³-hybridized carbons (Fsp3) is 0. The third-order valence-corrected chi connectivity index (χ3v) is 7.35. The van der Waals surface area contributed by atoms with Gasteiger partial charge in [-0.1, -0.05) is 72.8 Å². The molecular formula is C34H20N2O4. The van der Waals surface area contributed by atoms with Crippen LogP contribution in [-0.4, -0.2) is 23.6 Å². The molecule has 4 amide bonds. The Morgan fingerprint density at radius 2 is 0.650 bits per heavy atom. The summed E-state index contributed by atoms with van der Waals surface area (Å²) in [7, 11) is 0. The number of benzene rings is 5. The summed E-state index contributed by atoms with van der Waals surface area (Å²) in [6.07, 6.45) is 0. The van der Waals surface area contributed by atoms with Crippen molar-refractivity contribution in [2.24, 2.45) is 0 Å². The molecule has 0 bridgehead atoms. The van der Waals surface area contributed by atoms with Crippen LogP contribution in [-0.2, 0) is 0 Å². The normalized spacial score (nSPS) is 14.1. The number of carbonyl (C=O) groups excluding carboxylic acids is 4. The Kier molecular flexibility index (Phi) is 5.28. The van der Waals surface area contributed by atoms with Crippen LogP contribution >= 0.6 is 0 Å². The number of para-hydroxylation sites is 2. The van der Waals surface area contributed by atoms with Gasteiger partial charge in [-0.2, -0.15) is 0 Å². The fourth-order valence-corrected chi connectivity index (χ4v) is 5.32. The van der Waals surface area contributed by atoms with Gasteiger partial charge in [-0.25, -0.2) is 9.80 Å². The maximum Gasteiger partial charge on any atom is 0.266 e. The Labute approximate surface area is 229 Å². The van der Waals surface area contributed by atoms with Gasteiger partial charge in [0.25, 0.3) is 23.6 Å². The van der Waals surface area contributed by atoms with Gasteiger partial charge in [0, 0.05) is 0 Å². The number of amides is 4. The Morgan fingerprint density at radius 1 is 0.325 bits per heavy atom.